The molecular formula is C16H25FN2O. The second kappa shape index (κ2) is 9.48. The smallest absolute Gasteiger partial charge is 0.222 e. The zero-order valence-electron chi connectivity index (χ0n) is 12.5. The zero-order chi connectivity index (χ0) is 14.8. The SMILES string of the molecule is CCCCN(Cc1ccccc1F)C(=O)CCCNC. The second-order valence-corrected chi connectivity index (χ2v) is 4.97. The number of nitrogens with zero attached hydrogens (tertiary/aromatic N) is 1. The summed E-state index contributed by atoms with van der Waals surface area (Å²) >= 11 is 0. The van der Waals surface area contributed by atoms with Crippen molar-refractivity contribution in [1.82, 2.24) is 10.2 Å². The van der Waals surface area contributed by atoms with Crippen LogP contribution >= 0.6 is 0 Å². The van der Waals surface area contributed by atoms with E-state index in [1.54, 1.807) is 17.0 Å². The minimum atomic E-state index is -0.239. The third kappa shape index (κ3) is 5.70. The number of hydrogen-bond acceptors (Lipinski definition) is 2. The zero-order valence-corrected chi connectivity index (χ0v) is 12.5. The van der Waals surface area contributed by atoms with Gasteiger partial charge in [-0.25, -0.2) is 4.39 Å². The van der Waals surface area contributed by atoms with Gasteiger partial charge in [-0.1, -0.05) is 31.5 Å². The molecule has 4 heteroatoms. The first-order valence-electron chi connectivity index (χ1n) is 7.34. The Morgan fingerprint density at radius 3 is 2.70 bits per heavy atom. The van der Waals surface area contributed by atoms with Gasteiger partial charge in [-0.15, -0.1) is 0 Å². The third-order valence-corrected chi connectivity index (χ3v) is 3.27. The Balaban J connectivity index is 2.63. The molecule has 0 bridgehead atoms. The van der Waals surface area contributed by atoms with Crippen LogP contribution in [0.2, 0.25) is 0 Å². The van der Waals surface area contributed by atoms with Crippen molar-refractivity contribution in [2.24, 2.45) is 0 Å². The highest BCUT2D eigenvalue weighted by Crippen LogP contribution is 2.12. The fourth-order valence-electron chi connectivity index (χ4n) is 2.05. The molecule has 1 aromatic carbocycles. The van der Waals surface area contributed by atoms with Crippen molar-refractivity contribution in [2.75, 3.05) is 20.1 Å². The highest BCUT2D eigenvalue weighted by Gasteiger charge is 2.14. The van der Waals surface area contributed by atoms with Crippen LogP contribution in [0, 0.1) is 5.82 Å². The molecule has 0 aromatic heterocycles. The Bertz CT molecular complexity index is 409. The summed E-state index contributed by atoms with van der Waals surface area (Å²) < 4.78 is 13.7. The molecule has 0 atom stereocenters. The number of halogens is 1. The maximum atomic E-state index is 13.7. The van der Waals surface area contributed by atoms with Gasteiger partial charge in [-0.2, -0.15) is 0 Å². The topological polar surface area (TPSA) is 32.3 Å². The Morgan fingerprint density at radius 2 is 2.05 bits per heavy atom. The average molecular weight is 280 g/mol. The van der Waals surface area contributed by atoms with Crippen molar-refractivity contribution in [3.05, 3.63) is 35.6 Å². The molecule has 3 nitrogen and oxygen atoms in total. The standard InChI is InChI=1S/C16H25FN2O/c1-3-4-12-19(16(20)10-7-11-18-2)13-14-8-5-6-9-15(14)17/h5-6,8-9,18H,3-4,7,10-13H2,1-2H3. The van der Waals surface area contributed by atoms with Crippen LogP contribution in [0.3, 0.4) is 0 Å². The minimum absolute atomic E-state index is 0.108. The number of unbranched alkanes of at least 4 members (excludes halogenated alkanes) is 1. The fourth-order valence-corrected chi connectivity index (χ4v) is 2.05. The van der Waals surface area contributed by atoms with Crippen LogP contribution in [0.1, 0.15) is 38.2 Å². The van der Waals surface area contributed by atoms with E-state index in [-0.39, 0.29) is 11.7 Å². The van der Waals surface area contributed by atoms with Gasteiger partial charge >= 0.3 is 0 Å². The summed E-state index contributed by atoms with van der Waals surface area (Å²) in [5.74, 6) is -0.131. The first kappa shape index (κ1) is 16.6. The van der Waals surface area contributed by atoms with E-state index >= 15 is 0 Å². The summed E-state index contributed by atoms with van der Waals surface area (Å²) in [6, 6.07) is 6.67. The molecular weight excluding hydrogens is 255 g/mol. The molecule has 0 unspecified atom stereocenters. The molecule has 0 heterocycles. The molecule has 0 fully saturated rings. The van der Waals surface area contributed by atoms with E-state index in [1.807, 2.05) is 13.1 Å². The summed E-state index contributed by atoms with van der Waals surface area (Å²) in [5, 5.41) is 3.03. The third-order valence-electron chi connectivity index (χ3n) is 3.27. The molecule has 0 aliphatic rings. The molecule has 0 saturated carbocycles. The van der Waals surface area contributed by atoms with Crippen LogP contribution in [0.4, 0.5) is 4.39 Å². The number of carbonyl (C=O) groups is 1. The highest BCUT2D eigenvalue weighted by atomic mass is 19.1. The van der Waals surface area contributed by atoms with E-state index < -0.39 is 0 Å². The van der Waals surface area contributed by atoms with Crippen LogP contribution in [0.15, 0.2) is 24.3 Å². The number of rotatable bonds is 9. The van der Waals surface area contributed by atoms with Crippen molar-refractivity contribution in [2.45, 2.75) is 39.2 Å². The summed E-state index contributed by atoms with van der Waals surface area (Å²) in [6.07, 6.45) is 3.30. The van der Waals surface area contributed by atoms with E-state index in [1.165, 1.54) is 6.07 Å². The Morgan fingerprint density at radius 1 is 1.30 bits per heavy atom. The van der Waals surface area contributed by atoms with E-state index in [0.29, 0.717) is 25.1 Å². The second-order valence-electron chi connectivity index (χ2n) is 4.97. The van der Waals surface area contributed by atoms with Gasteiger partial charge in [0.2, 0.25) is 5.91 Å². The van der Waals surface area contributed by atoms with Crippen molar-refractivity contribution < 1.29 is 9.18 Å². The first-order valence-corrected chi connectivity index (χ1v) is 7.34. The first-order chi connectivity index (χ1) is 9.69. The Hall–Kier alpha value is -1.42. The molecule has 112 valence electrons. The fraction of sp³-hybridized carbons (Fsp3) is 0.562. The molecule has 0 aliphatic carbocycles. The maximum absolute atomic E-state index is 13.7. The van der Waals surface area contributed by atoms with E-state index in [2.05, 4.69) is 12.2 Å². The minimum Gasteiger partial charge on any atom is -0.338 e. The van der Waals surface area contributed by atoms with Crippen LogP contribution < -0.4 is 5.32 Å². The van der Waals surface area contributed by atoms with Gasteiger partial charge in [0.25, 0.3) is 0 Å². The average Bonchev–Trinajstić information content (AvgIpc) is 2.45. The molecule has 0 radical (unpaired) electrons. The van der Waals surface area contributed by atoms with Crippen LogP contribution in [0.25, 0.3) is 0 Å². The Labute approximate surface area is 121 Å². The van der Waals surface area contributed by atoms with Gasteiger partial charge in [-0.3, -0.25) is 4.79 Å². The van der Waals surface area contributed by atoms with Crippen LogP contribution in [0.5, 0.6) is 0 Å². The number of nitrogens with one attached hydrogen (secondary N) is 1. The molecule has 1 aromatic rings. The lowest BCUT2D eigenvalue weighted by Gasteiger charge is -2.23. The predicted molar refractivity (Wildman–Crippen MR) is 79.9 cm³/mol. The Kier molecular flexibility index (Phi) is 7.88. The van der Waals surface area contributed by atoms with Crippen LogP contribution in [-0.4, -0.2) is 30.9 Å². The van der Waals surface area contributed by atoms with E-state index in [9.17, 15) is 9.18 Å². The lowest BCUT2D eigenvalue weighted by atomic mass is 10.1. The van der Waals surface area contributed by atoms with E-state index in [0.717, 1.165) is 25.8 Å². The quantitative estimate of drug-likeness (QED) is 0.705. The van der Waals surface area contributed by atoms with E-state index in [4.69, 9.17) is 0 Å². The monoisotopic (exact) mass is 280 g/mol. The van der Waals surface area contributed by atoms with Gasteiger partial charge in [0.15, 0.2) is 0 Å². The van der Waals surface area contributed by atoms with Crippen molar-refractivity contribution in [3.63, 3.8) is 0 Å². The normalized spacial score (nSPS) is 10.6. The van der Waals surface area contributed by atoms with Crippen molar-refractivity contribution in [1.29, 1.82) is 0 Å². The van der Waals surface area contributed by atoms with Crippen molar-refractivity contribution >= 4 is 5.91 Å². The van der Waals surface area contributed by atoms with Gasteiger partial charge in [-0.05, 0) is 32.5 Å². The number of hydrogen-bond donors (Lipinski definition) is 1. The lowest BCUT2D eigenvalue weighted by Crippen LogP contribution is -2.32. The predicted octanol–water partition coefficient (Wildman–Crippen LogP) is 2.95. The molecule has 0 spiro atoms. The molecule has 20 heavy (non-hydrogen) atoms. The summed E-state index contributed by atoms with van der Waals surface area (Å²) in [7, 11) is 1.87. The number of amides is 1. The summed E-state index contributed by atoms with van der Waals surface area (Å²) in [4.78, 5) is 14.0. The summed E-state index contributed by atoms with van der Waals surface area (Å²) in [6.45, 7) is 3.98. The highest BCUT2D eigenvalue weighted by molar-refractivity contribution is 5.76. The molecule has 1 amide bonds. The molecule has 1 N–H and O–H groups in total. The largest absolute Gasteiger partial charge is 0.338 e. The molecule has 0 aliphatic heterocycles. The lowest BCUT2D eigenvalue weighted by molar-refractivity contribution is -0.132. The van der Waals surface area contributed by atoms with Crippen LogP contribution in [-0.2, 0) is 11.3 Å². The van der Waals surface area contributed by atoms with Gasteiger partial charge in [0, 0.05) is 25.1 Å². The maximum Gasteiger partial charge on any atom is 0.222 e. The summed E-state index contributed by atoms with van der Waals surface area (Å²) in [5.41, 5.74) is 0.588. The number of carbonyl (C=O) groups excluding carboxylic acids is 1. The van der Waals surface area contributed by atoms with Gasteiger partial charge in [0.05, 0.1) is 0 Å². The van der Waals surface area contributed by atoms with Gasteiger partial charge in [0.1, 0.15) is 5.82 Å². The number of benzene rings is 1. The molecule has 0 saturated heterocycles. The molecule has 1 rings (SSSR count). The van der Waals surface area contributed by atoms with Gasteiger partial charge < -0.3 is 10.2 Å². The van der Waals surface area contributed by atoms with Crippen molar-refractivity contribution in [3.8, 4) is 0 Å².